The minimum atomic E-state index is 0.0124. The first-order chi connectivity index (χ1) is 11.7. The monoisotopic (exact) mass is 333 g/mol. The fraction of sp³-hybridized carbons (Fsp3) is 0.556. The van der Waals surface area contributed by atoms with Gasteiger partial charge in [0, 0.05) is 51.8 Å². The largest absolute Gasteiger partial charge is 0.379 e. The molecular formula is C18H27N3O3. The van der Waals surface area contributed by atoms with E-state index in [1.165, 1.54) is 0 Å². The zero-order valence-corrected chi connectivity index (χ0v) is 14.4. The van der Waals surface area contributed by atoms with Crippen molar-refractivity contribution in [3.05, 3.63) is 30.3 Å². The van der Waals surface area contributed by atoms with Crippen LogP contribution in [0.3, 0.4) is 0 Å². The zero-order valence-electron chi connectivity index (χ0n) is 14.4. The van der Waals surface area contributed by atoms with E-state index in [-0.39, 0.29) is 11.8 Å². The van der Waals surface area contributed by atoms with Crippen LogP contribution < -0.4 is 10.2 Å². The van der Waals surface area contributed by atoms with Crippen molar-refractivity contribution in [2.45, 2.75) is 19.3 Å². The lowest BCUT2D eigenvalue weighted by Gasteiger charge is -2.26. The number of benzene rings is 1. The Morgan fingerprint density at radius 3 is 2.58 bits per heavy atom. The smallest absolute Gasteiger partial charge is 0.226 e. The number of ether oxygens (including phenoxy) is 1. The van der Waals surface area contributed by atoms with Crippen LogP contribution in [0.2, 0.25) is 0 Å². The van der Waals surface area contributed by atoms with Crippen molar-refractivity contribution in [1.29, 1.82) is 0 Å². The number of morpholine rings is 1. The second-order valence-corrected chi connectivity index (χ2v) is 5.95. The first kappa shape index (κ1) is 18.4. The summed E-state index contributed by atoms with van der Waals surface area (Å²) >= 11 is 0. The van der Waals surface area contributed by atoms with Crippen LogP contribution in [-0.4, -0.2) is 63.2 Å². The molecule has 1 aliphatic heterocycles. The fourth-order valence-corrected chi connectivity index (χ4v) is 2.63. The molecule has 0 saturated carbocycles. The summed E-state index contributed by atoms with van der Waals surface area (Å²) in [5, 5.41) is 2.92. The van der Waals surface area contributed by atoms with Gasteiger partial charge in [-0.05, 0) is 18.6 Å². The van der Waals surface area contributed by atoms with Crippen molar-refractivity contribution >= 4 is 17.5 Å². The van der Waals surface area contributed by atoms with Crippen LogP contribution in [0.1, 0.15) is 19.3 Å². The van der Waals surface area contributed by atoms with Gasteiger partial charge in [0.2, 0.25) is 11.8 Å². The summed E-state index contributed by atoms with van der Waals surface area (Å²) in [6.07, 6.45) is 1.33. The summed E-state index contributed by atoms with van der Waals surface area (Å²) in [4.78, 5) is 27.9. The van der Waals surface area contributed by atoms with E-state index in [1.54, 1.807) is 11.9 Å². The molecule has 0 aliphatic carbocycles. The molecule has 0 aromatic heterocycles. The molecule has 1 fully saturated rings. The number of hydrogen-bond acceptors (Lipinski definition) is 4. The first-order valence-corrected chi connectivity index (χ1v) is 8.55. The highest BCUT2D eigenvalue weighted by atomic mass is 16.5. The molecule has 24 heavy (non-hydrogen) atoms. The average Bonchev–Trinajstić information content (AvgIpc) is 2.62. The Balaban J connectivity index is 1.57. The number of rotatable bonds is 8. The SMILES string of the molecule is CN(C(=O)CCCC(=O)NCCN1CCOCC1)c1ccccc1. The average molecular weight is 333 g/mol. The highest BCUT2D eigenvalue weighted by molar-refractivity contribution is 5.92. The normalized spacial score (nSPS) is 15.0. The number of carbonyl (C=O) groups is 2. The van der Waals surface area contributed by atoms with E-state index in [0.717, 1.165) is 38.5 Å². The van der Waals surface area contributed by atoms with Gasteiger partial charge in [-0.25, -0.2) is 0 Å². The molecule has 1 heterocycles. The van der Waals surface area contributed by atoms with Crippen LogP contribution in [0.15, 0.2) is 30.3 Å². The van der Waals surface area contributed by atoms with Crippen LogP contribution >= 0.6 is 0 Å². The molecular weight excluding hydrogens is 306 g/mol. The Morgan fingerprint density at radius 1 is 1.17 bits per heavy atom. The molecule has 2 amide bonds. The third-order valence-electron chi connectivity index (χ3n) is 4.17. The van der Waals surface area contributed by atoms with Crippen molar-refractivity contribution in [3.8, 4) is 0 Å². The van der Waals surface area contributed by atoms with Gasteiger partial charge in [0.05, 0.1) is 13.2 Å². The van der Waals surface area contributed by atoms with E-state index in [1.807, 2.05) is 30.3 Å². The molecule has 1 aromatic rings. The maximum absolute atomic E-state index is 12.1. The maximum Gasteiger partial charge on any atom is 0.226 e. The number of para-hydroxylation sites is 1. The molecule has 1 N–H and O–H groups in total. The fourth-order valence-electron chi connectivity index (χ4n) is 2.63. The maximum atomic E-state index is 12.1. The topological polar surface area (TPSA) is 61.9 Å². The summed E-state index contributed by atoms with van der Waals surface area (Å²) < 4.78 is 5.29. The van der Waals surface area contributed by atoms with Crippen molar-refractivity contribution < 1.29 is 14.3 Å². The second kappa shape index (κ2) is 10.1. The lowest BCUT2D eigenvalue weighted by molar-refractivity contribution is -0.121. The molecule has 1 saturated heterocycles. The third kappa shape index (κ3) is 6.29. The first-order valence-electron chi connectivity index (χ1n) is 8.55. The Bertz CT molecular complexity index is 516. The van der Waals surface area contributed by atoms with Crippen LogP contribution in [0.5, 0.6) is 0 Å². The molecule has 0 unspecified atom stereocenters. The van der Waals surface area contributed by atoms with Crippen molar-refractivity contribution in [2.24, 2.45) is 0 Å². The van der Waals surface area contributed by atoms with E-state index in [2.05, 4.69) is 10.2 Å². The highest BCUT2D eigenvalue weighted by Gasteiger charge is 2.12. The van der Waals surface area contributed by atoms with E-state index in [9.17, 15) is 9.59 Å². The van der Waals surface area contributed by atoms with Crippen molar-refractivity contribution in [2.75, 3.05) is 51.3 Å². The summed E-state index contributed by atoms with van der Waals surface area (Å²) in [5.74, 6) is 0.0424. The molecule has 0 radical (unpaired) electrons. The lowest BCUT2D eigenvalue weighted by atomic mass is 10.2. The number of carbonyl (C=O) groups excluding carboxylic acids is 2. The molecule has 2 rings (SSSR count). The van der Waals surface area contributed by atoms with Crippen LogP contribution in [-0.2, 0) is 14.3 Å². The van der Waals surface area contributed by atoms with Gasteiger partial charge in [0.15, 0.2) is 0 Å². The Hall–Kier alpha value is -1.92. The van der Waals surface area contributed by atoms with Gasteiger partial charge in [-0.2, -0.15) is 0 Å². The molecule has 132 valence electrons. The van der Waals surface area contributed by atoms with E-state index in [0.29, 0.717) is 25.8 Å². The third-order valence-corrected chi connectivity index (χ3v) is 4.17. The van der Waals surface area contributed by atoms with Gasteiger partial charge in [-0.15, -0.1) is 0 Å². The van der Waals surface area contributed by atoms with Gasteiger partial charge < -0.3 is 15.0 Å². The molecule has 0 bridgehead atoms. The minimum absolute atomic E-state index is 0.0124. The second-order valence-electron chi connectivity index (χ2n) is 5.95. The number of hydrogen-bond donors (Lipinski definition) is 1. The summed E-state index contributed by atoms with van der Waals surface area (Å²) in [7, 11) is 1.76. The number of anilines is 1. The standard InChI is InChI=1S/C18H27N3O3/c1-20(16-6-3-2-4-7-16)18(23)9-5-8-17(22)19-10-11-21-12-14-24-15-13-21/h2-4,6-7H,5,8-15H2,1H3,(H,19,22). The van der Waals surface area contributed by atoms with Gasteiger partial charge in [0.25, 0.3) is 0 Å². The highest BCUT2D eigenvalue weighted by Crippen LogP contribution is 2.13. The molecule has 0 atom stereocenters. The minimum Gasteiger partial charge on any atom is -0.379 e. The number of amides is 2. The Kier molecular flexibility index (Phi) is 7.71. The molecule has 6 heteroatoms. The van der Waals surface area contributed by atoms with Gasteiger partial charge in [-0.3, -0.25) is 14.5 Å². The van der Waals surface area contributed by atoms with Crippen LogP contribution in [0.4, 0.5) is 5.69 Å². The zero-order chi connectivity index (χ0) is 17.2. The van der Waals surface area contributed by atoms with Crippen LogP contribution in [0.25, 0.3) is 0 Å². The number of nitrogens with zero attached hydrogens (tertiary/aromatic N) is 2. The molecule has 1 aromatic carbocycles. The van der Waals surface area contributed by atoms with Gasteiger partial charge in [0.1, 0.15) is 0 Å². The summed E-state index contributed by atoms with van der Waals surface area (Å²) in [6, 6.07) is 9.53. The van der Waals surface area contributed by atoms with E-state index in [4.69, 9.17) is 4.74 Å². The quantitative estimate of drug-likeness (QED) is 0.778. The summed E-state index contributed by atoms with van der Waals surface area (Å²) in [5.41, 5.74) is 0.873. The number of nitrogens with one attached hydrogen (secondary N) is 1. The van der Waals surface area contributed by atoms with Gasteiger partial charge >= 0.3 is 0 Å². The van der Waals surface area contributed by atoms with Crippen LogP contribution in [0, 0.1) is 0 Å². The van der Waals surface area contributed by atoms with Crippen molar-refractivity contribution in [3.63, 3.8) is 0 Å². The summed E-state index contributed by atoms with van der Waals surface area (Å²) in [6.45, 7) is 4.89. The van der Waals surface area contributed by atoms with Crippen molar-refractivity contribution in [1.82, 2.24) is 10.2 Å². The molecule has 1 aliphatic rings. The van der Waals surface area contributed by atoms with E-state index < -0.39 is 0 Å². The van der Waals surface area contributed by atoms with E-state index >= 15 is 0 Å². The lowest BCUT2D eigenvalue weighted by Crippen LogP contribution is -2.41. The predicted octanol–water partition coefficient (Wildman–Crippen LogP) is 1.27. The van der Waals surface area contributed by atoms with Gasteiger partial charge in [-0.1, -0.05) is 18.2 Å². The molecule has 0 spiro atoms. The predicted molar refractivity (Wildman–Crippen MR) is 94.0 cm³/mol. The molecule has 6 nitrogen and oxygen atoms in total. The Labute approximate surface area is 143 Å². The Morgan fingerprint density at radius 2 is 1.88 bits per heavy atom.